The Hall–Kier alpha value is -1.60. The van der Waals surface area contributed by atoms with Gasteiger partial charge in [-0.3, -0.25) is 14.4 Å². The van der Waals surface area contributed by atoms with Crippen molar-refractivity contribution in [2.45, 2.75) is 25.9 Å². The quantitative estimate of drug-likeness (QED) is 0.555. The molecule has 104 valence electrons. The van der Waals surface area contributed by atoms with Crippen molar-refractivity contribution >= 4 is 17.7 Å². The van der Waals surface area contributed by atoms with Crippen LogP contribution in [0, 0.1) is 5.41 Å². The molecule has 0 aliphatic carbocycles. The van der Waals surface area contributed by atoms with Crippen LogP contribution in [0.3, 0.4) is 0 Å². The second-order valence-electron chi connectivity index (χ2n) is 3.47. The maximum absolute atomic E-state index is 12.5. The third kappa shape index (κ3) is 2.80. The van der Waals surface area contributed by atoms with E-state index < -0.39 is 35.7 Å². The lowest BCUT2D eigenvalue weighted by Gasteiger charge is -2.26. The van der Waals surface area contributed by atoms with Gasteiger partial charge in [0.2, 0.25) is 5.41 Å². The highest BCUT2D eigenvalue weighted by Gasteiger charge is 2.63. The average Bonchev–Trinajstić information content (AvgIpc) is 2.32. The van der Waals surface area contributed by atoms with Gasteiger partial charge in [-0.15, -0.1) is 0 Å². The van der Waals surface area contributed by atoms with E-state index in [-0.39, 0.29) is 6.42 Å². The summed E-state index contributed by atoms with van der Waals surface area (Å²) >= 11 is 0. The number of carbonyl (C=O) groups excluding carboxylic acids is 3. The largest absolute Gasteiger partial charge is 0.468 e. The molecule has 0 aromatic carbocycles. The number of methoxy groups -OCH3 is 2. The van der Waals surface area contributed by atoms with E-state index >= 15 is 0 Å². The first-order valence-corrected chi connectivity index (χ1v) is 4.96. The summed E-state index contributed by atoms with van der Waals surface area (Å²) in [7, 11) is 1.58. The average molecular weight is 270 g/mol. The maximum Gasteiger partial charge on any atom is 0.451 e. The molecule has 0 bridgehead atoms. The number of esters is 2. The van der Waals surface area contributed by atoms with Gasteiger partial charge in [-0.1, -0.05) is 13.3 Å². The minimum Gasteiger partial charge on any atom is -0.468 e. The fraction of sp³-hybridized carbons (Fsp3) is 0.700. The summed E-state index contributed by atoms with van der Waals surface area (Å²) in [5.74, 6) is -5.62. The van der Waals surface area contributed by atoms with Crippen LogP contribution in [0.2, 0.25) is 0 Å². The topological polar surface area (TPSA) is 69.7 Å². The molecule has 18 heavy (non-hydrogen) atoms. The number of ketones is 1. The van der Waals surface area contributed by atoms with Gasteiger partial charge in [0.1, 0.15) is 0 Å². The molecule has 0 rings (SSSR count). The van der Waals surface area contributed by atoms with Crippen LogP contribution >= 0.6 is 0 Å². The molecule has 0 spiro atoms. The molecule has 0 heterocycles. The van der Waals surface area contributed by atoms with Crippen LogP contribution in [0.25, 0.3) is 0 Å². The summed E-state index contributed by atoms with van der Waals surface area (Å²) in [6.07, 6.45) is -5.98. The second-order valence-corrected chi connectivity index (χ2v) is 3.47. The second kappa shape index (κ2) is 5.83. The van der Waals surface area contributed by atoms with Gasteiger partial charge >= 0.3 is 18.1 Å². The van der Waals surface area contributed by atoms with Crippen molar-refractivity contribution in [1.82, 2.24) is 0 Å². The van der Waals surface area contributed by atoms with Crippen molar-refractivity contribution in [2.24, 2.45) is 5.41 Å². The lowest BCUT2D eigenvalue weighted by molar-refractivity contribution is -0.196. The lowest BCUT2D eigenvalue weighted by atomic mass is 9.78. The Kier molecular flexibility index (Phi) is 5.31. The number of carbonyl (C=O) groups is 3. The van der Waals surface area contributed by atoms with Crippen LogP contribution in [-0.2, 0) is 23.9 Å². The highest BCUT2D eigenvalue weighted by Crippen LogP contribution is 2.36. The Balaban J connectivity index is 5.84. The van der Waals surface area contributed by atoms with E-state index in [1.54, 1.807) is 0 Å². The van der Waals surface area contributed by atoms with E-state index in [2.05, 4.69) is 9.47 Å². The van der Waals surface area contributed by atoms with Crippen molar-refractivity contribution in [2.75, 3.05) is 14.2 Å². The molecule has 0 atom stereocenters. The van der Waals surface area contributed by atoms with Crippen LogP contribution in [0.5, 0.6) is 0 Å². The van der Waals surface area contributed by atoms with Crippen molar-refractivity contribution < 1.29 is 37.0 Å². The zero-order valence-electron chi connectivity index (χ0n) is 10.1. The number of rotatable bonds is 5. The molecule has 0 N–H and O–H groups in total. The fourth-order valence-corrected chi connectivity index (χ4v) is 1.55. The SMILES string of the molecule is CCCC(C(=O)OC)(C(=O)OC)C(=O)C(F)(F)F. The summed E-state index contributed by atoms with van der Waals surface area (Å²) in [6, 6.07) is 0. The van der Waals surface area contributed by atoms with Gasteiger partial charge < -0.3 is 9.47 Å². The number of halogens is 3. The molecule has 0 aliphatic rings. The number of alkyl halides is 3. The predicted octanol–water partition coefficient (Wildman–Crippen LogP) is 1.25. The van der Waals surface area contributed by atoms with E-state index in [1.165, 1.54) is 6.92 Å². The first-order valence-electron chi connectivity index (χ1n) is 4.96. The fourth-order valence-electron chi connectivity index (χ4n) is 1.55. The predicted molar refractivity (Wildman–Crippen MR) is 52.4 cm³/mol. The van der Waals surface area contributed by atoms with Crippen molar-refractivity contribution in [3.63, 3.8) is 0 Å². The Morgan fingerprint density at radius 1 is 1.00 bits per heavy atom. The van der Waals surface area contributed by atoms with Gasteiger partial charge in [0.15, 0.2) is 0 Å². The minimum absolute atomic E-state index is 0.00792. The Bertz CT molecular complexity index is 332. The third-order valence-corrected chi connectivity index (χ3v) is 2.34. The summed E-state index contributed by atoms with van der Waals surface area (Å²) in [5.41, 5.74) is -2.98. The van der Waals surface area contributed by atoms with Crippen molar-refractivity contribution in [3.05, 3.63) is 0 Å². The third-order valence-electron chi connectivity index (χ3n) is 2.34. The van der Waals surface area contributed by atoms with Gasteiger partial charge in [-0.2, -0.15) is 13.2 Å². The molecule has 0 radical (unpaired) electrons. The molecule has 5 nitrogen and oxygen atoms in total. The van der Waals surface area contributed by atoms with E-state index in [0.717, 1.165) is 14.2 Å². The van der Waals surface area contributed by atoms with Crippen molar-refractivity contribution in [1.29, 1.82) is 0 Å². The number of Topliss-reactive ketones (excluding diaryl/α,β-unsaturated/α-hetero) is 1. The van der Waals surface area contributed by atoms with E-state index in [1.807, 2.05) is 0 Å². The molecule has 8 heteroatoms. The number of ether oxygens (including phenoxy) is 2. The van der Waals surface area contributed by atoms with Gasteiger partial charge in [0.05, 0.1) is 14.2 Å². The highest BCUT2D eigenvalue weighted by atomic mass is 19.4. The molecule has 0 aliphatic heterocycles. The van der Waals surface area contributed by atoms with Crippen LogP contribution in [0.4, 0.5) is 13.2 Å². The summed E-state index contributed by atoms with van der Waals surface area (Å²) in [6.45, 7) is 1.42. The Labute approximate surface area is 101 Å². The highest BCUT2D eigenvalue weighted by molar-refractivity contribution is 6.21. The normalized spacial score (nSPS) is 11.9. The van der Waals surface area contributed by atoms with Gasteiger partial charge in [-0.25, -0.2) is 0 Å². The lowest BCUT2D eigenvalue weighted by Crippen LogP contribution is -2.53. The minimum atomic E-state index is -5.34. The first-order chi connectivity index (χ1) is 8.18. The molecule has 0 fully saturated rings. The summed E-state index contributed by atoms with van der Waals surface area (Å²) in [5, 5.41) is 0. The molecule has 0 saturated heterocycles. The monoisotopic (exact) mass is 270 g/mol. The summed E-state index contributed by atoms with van der Waals surface area (Å²) < 4.78 is 45.8. The standard InChI is InChI=1S/C10H13F3O5/c1-4-5-9(7(15)17-2,8(16)18-3)6(14)10(11,12)13/h4-5H2,1-3H3. The zero-order valence-corrected chi connectivity index (χ0v) is 10.1. The number of hydrogen-bond donors (Lipinski definition) is 0. The molecular weight excluding hydrogens is 257 g/mol. The van der Waals surface area contributed by atoms with Crippen LogP contribution in [-0.4, -0.2) is 38.1 Å². The first kappa shape index (κ1) is 16.4. The molecular formula is C10H13F3O5. The van der Waals surface area contributed by atoms with Crippen molar-refractivity contribution in [3.8, 4) is 0 Å². The van der Waals surface area contributed by atoms with Gasteiger partial charge in [0, 0.05) is 0 Å². The van der Waals surface area contributed by atoms with Crippen LogP contribution < -0.4 is 0 Å². The number of hydrogen-bond acceptors (Lipinski definition) is 5. The van der Waals surface area contributed by atoms with Gasteiger partial charge in [0.25, 0.3) is 5.78 Å². The zero-order chi connectivity index (χ0) is 14.6. The molecule has 0 saturated carbocycles. The van der Waals surface area contributed by atoms with Gasteiger partial charge in [-0.05, 0) is 6.42 Å². The van der Waals surface area contributed by atoms with Crippen LogP contribution in [0.15, 0.2) is 0 Å². The molecule has 0 aromatic heterocycles. The van der Waals surface area contributed by atoms with E-state index in [4.69, 9.17) is 0 Å². The molecule has 0 unspecified atom stereocenters. The van der Waals surface area contributed by atoms with Crippen LogP contribution in [0.1, 0.15) is 19.8 Å². The smallest absolute Gasteiger partial charge is 0.451 e. The Morgan fingerprint density at radius 2 is 1.39 bits per heavy atom. The molecule has 0 aromatic rings. The van der Waals surface area contributed by atoms with E-state index in [0.29, 0.717) is 0 Å². The van der Waals surface area contributed by atoms with E-state index in [9.17, 15) is 27.6 Å². The Morgan fingerprint density at radius 3 is 1.61 bits per heavy atom. The molecule has 0 amide bonds. The maximum atomic E-state index is 12.5. The summed E-state index contributed by atoms with van der Waals surface area (Å²) in [4.78, 5) is 34.3.